The van der Waals surface area contributed by atoms with Crippen molar-refractivity contribution in [3.8, 4) is 10.0 Å². The molecule has 2 rings (SSSR count). The molecular weight excluding hydrogens is 390 g/mol. The lowest BCUT2D eigenvalue weighted by molar-refractivity contribution is -0.120. The van der Waals surface area contributed by atoms with Crippen LogP contribution in [0.1, 0.15) is 81.1 Å². The first-order valence-electron chi connectivity index (χ1n) is 10.2. The third-order valence-electron chi connectivity index (χ3n) is 4.39. The number of nitrogens with one attached hydrogen (secondary N) is 1. The van der Waals surface area contributed by atoms with E-state index in [1.54, 1.807) is 28.9 Å². The fourth-order valence-corrected chi connectivity index (χ4v) is 4.88. The third-order valence-corrected chi connectivity index (χ3v) is 6.39. The van der Waals surface area contributed by atoms with E-state index in [1.165, 1.54) is 0 Å². The lowest BCUT2D eigenvalue weighted by Gasteiger charge is -2.05. The van der Waals surface area contributed by atoms with Crippen molar-refractivity contribution in [3.05, 3.63) is 22.1 Å². The van der Waals surface area contributed by atoms with Gasteiger partial charge in [-0.25, -0.2) is 9.97 Å². The maximum Gasteiger partial charge on any atom is 0.219 e. The van der Waals surface area contributed by atoms with Gasteiger partial charge in [0.05, 0.1) is 0 Å². The maximum atomic E-state index is 12.8. The molecule has 5 nitrogen and oxygen atoms in total. The predicted octanol–water partition coefficient (Wildman–Crippen LogP) is 5.51. The molecule has 0 spiro atoms. The standard InChI is InChI=1S/C21H31N3O2S2/c1-4-18(26)22-11-9-7-5-6-8-10-16(25)19-17(14-15(2)3)28-21(24-19)20-23-12-13-27-20/h12-13,15H,4-11,14H2,1-3H3,(H,22,26). The Bertz CT molecular complexity index is 739. The van der Waals surface area contributed by atoms with Gasteiger partial charge < -0.3 is 5.32 Å². The first kappa shape index (κ1) is 22.7. The molecule has 154 valence electrons. The summed E-state index contributed by atoms with van der Waals surface area (Å²) in [6, 6.07) is 0. The van der Waals surface area contributed by atoms with Gasteiger partial charge in [0.25, 0.3) is 0 Å². The number of aromatic nitrogens is 2. The van der Waals surface area contributed by atoms with Gasteiger partial charge in [-0.3, -0.25) is 9.59 Å². The van der Waals surface area contributed by atoms with E-state index in [0.717, 1.165) is 60.0 Å². The first-order valence-corrected chi connectivity index (χ1v) is 11.9. The summed E-state index contributed by atoms with van der Waals surface area (Å²) in [5.74, 6) is 0.762. The first-order chi connectivity index (χ1) is 13.5. The number of unbranched alkanes of at least 4 members (excludes halogenated alkanes) is 4. The van der Waals surface area contributed by atoms with Crippen LogP contribution in [0.2, 0.25) is 0 Å². The second-order valence-corrected chi connectivity index (χ2v) is 9.35. The topological polar surface area (TPSA) is 72.0 Å². The highest BCUT2D eigenvalue weighted by atomic mass is 32.1. The van der Waals surface area contributed by atoms with E-state index >= 15 is 0 Å². The van der Waals surface area contributed by atoms with Crippen molar-refractivity contribution in [2.75, 3.05) is 6.54 Å². The van der Waals surface area contributed by atoms with Crippen LogP contribution in [0, 0.1) is 5.92 Å². The predicted molar refractivity (Wildman–Crippen MR) is 117 cm³/mol. The number of carbonyl (C=O) groups is 2. The van der Waals surface area contributed by atoms with Crippen LogP contribution in [0.4, 0.5) is 0 Å². The summed E-state index contributed by atoms with van der Waals surface area (Å²) in [5, 5.41) is 6.59. The molecule has 0 aliphatic rings. The lowest BCUT2D eigenvalue weighted by Crippen LogP contribution is -2.23. The van der Waals surface area contributed by atoms with Crippen molar-refractivity contribution in [2.24, 2.45) is 5.92 Å². The SMILES string of the molecule is CCC(=O)NCCCCCCCC(=O)c1nc(-c2nccs2)sc1CC(C)C. The summed E-state index contributed by atoms with van der Waals surface area (Å²) in [4.78, 5) is 34.0. The van der Waals surface area contributed by atoms with Crippen LogP contribution in [-0.2, 0) is 11.2 Å². The molecule has 0 aromatic carbocycles. The Balaban J connectivity index is 1.79. The average molecular weight is 422 g/mol. The molecule has 1 N–H and O–H groups in total. The number of Topliss-reactive ketones (excluding diaryl/α,β-unsaturated/α-hetero) is 1. The van der Waals surface area contributed by atoms with E-state index in [2.05, 4.69) is 29.1 Å². The van der Waals surface area contributed by atoms with E-state index in [1.807, 2.05) is 12.3 Å². The minimum absolute atomic E-state index is 0.114. The minimum Gasteiger partial charge on any atom is -0.356 e. The number of thiazole rings is 2. The summed E-state index contributed by atoms with van der Waals surface area (Å²) in [6.07, 6.45) is 8.87. The van der Waals surface area contributed by atoms with E-state index in [9.17, 15) is 9.59 Å². The van der Waals surface area contributed by atoms with Crippen LogP contribution in [0.3, 0.4) is 0 Å². The van der Waals surface area contributed by atoms with Gasteiger partial charge >= 0.3 is 0 Å². The van der Waals surface area contributed by atoms with Crippen LogP contribution in [-0.4, -0.2) is 28.2 Å². The number of hydrogen-bond donors (Lipinski definition) is 1. The Morgan fingerprint density at radius 1 is 1.11 bits per heavy atom. The van der Waals surface area contributed by atoms with E-state index in [0.29, 0.717) is 24.5 Å². The van der Waals surface area contributed by atoms with Crippen LogP contribution in [0.15, 0.2) is 11.6 Å². The molecule has 0 fully saturated rings. The molecule has 0 bridgehead atoms. The van der Waals surface area contributed by atoms with Crippen LogP contribution in [0.5, 0.6) is 0 Å². The third kappa shape index (κ3) is 7.43. The minimum atomic E-state index is 0.114. The molecule has 0 unspecified atom stereocenters. The summed E-state index contributed by atoms with van der Waals surface area (Å²) >= 11 is 3.17. The largest absolute Gasteiger partial charge is 0.356 e. The molecule has 28 heavy (non-hydrogen) atoms. The van der Waals surface area contributed by atoms with Crippen molar-refractivity contribution in [3.63, 3.8) is 0 Å². The van der Waals surface area contributed by atoms with Crippen molar-refractivity contribution in [2.45, 2.75) is 72.1 Å². The summed E-state index contributed by atoms with van der Waals surface area (Å²) in [7, 11) is 0. The molecule has 0 aliphatic carbocycles. The summed E-state index contributed by atoms with van der Waals surface area (Å²) in [5.41, 5.74) is 0.658. The fourth-order valence-electron chi connectivity index (χ4n) is 2.91. The number of ketones is 1. The van der Waals surface area contributed by atoms with Crippen LogP contribution in [0.25, 0.3) is 10.0 Å². The Labute approximate surface area is 176 Å². The molecule has 0 radical (unpaired) electrons. The molecule has 0 saturated carbocycles. The Morgan fingerprint density at radius 2 is 1.86 bits per heavy atom. The van der Waals surface area contributed by atoms with Gasteiger partial charge in [0.2, 0.25) is 5.91 Å². The summed E-state index contributed by atoms with van der Waals surface area (Å²) in [6.45, 7) is 6.95. The number of nitrogens with zero attached hydrogens (tertiary/aromatic N) is 2. The number of rotatable bonds is 13. The van der Waals surface area contributed by atoms with Crippen LogP contribution < -0.4 is 5.32 Å². The van der Waals surface area contributed by atoms with Gasteiger partial charge in [-0.05, 0) is 25.2 Å². The Hall–Kier alpha value is -1.60. The molecule has 0 atom stereocenters. The average Bonchev–Trinajstić information content (AvgIpc) is 3.32. The molecular formula is C21H31N3O2S2. The number of amides is 1. The van der Waals surface area contributed by atoms with E-state index in [4.69, 9.17) is 0 Å². The van der Waals surface area contributed by atoms with Crippen molar-refractivity contribution >= 4 is 34.4 Å². The number of carbonyl (C=O) groups excluding carboxylic acids is 2. The lowest BCUT2D eigenvalue weighted by atomic mass is 10.0. The quantitative estimate of drug-likeness (QED) is 0.342. The Kier molecular flexibility index (Phi) is 9.78. The van der Waals surface area contributed by atoms with Crippen molar-refractivity contribution in [1.29, 1.82) is 0 Å². The highest BCUT2D eigenvalue weighted by molar-refractivity contribution is 7.20. The molecule has 7 heteroatoms. The summed E-state index contributed by atoms with van der Waals surface area (Å²) < 4.78 is 0. The zero-order valence-corrected chi connectivity index (χ0v) is 18.8. The molecule has 0 saturated heterocycles. The normalized spacial score (nSPS) is 11.1. The second kappa shape index (κ2) is 12.1. The van der Waals surface area contributed by atoms with Gasteiger partial charge in [0, 0.05) is 35.8 Å². The molecule has 2 aromatic heterocycles. The van der Waals surface area contributed by atoms with E-state index < -0.39 is 0 Å². The molecule has 1 amide bonds. The molecule has 0 aliphatic heterocycles. The van der Waals surface area contributed by atoms with E-state index in [-0.39, 0.29) is 11.7 Å². The van der Waals surface area contributed by atoms with Crippen molar-refractivity contribution < 1.29 is 9.59 Å². The van der Waals surface area contributed by atoms with Gasteiger partial charge in [0.15, 0.2) is 15.8 Å². The van der Waals surface area contributed by atoms with Gasteiger partial charge in [-0.1, -0.05) is 40.0 Å². The second-order valence-electron chi connectivity index (χ2n) is 7.37. The maximum absolute atomic E-state index is 12.8. The Morgan fingerprint density at radius 3 is 2.54 bits per heavy atom. The smallest absolute Gasteiger partial charge is 0.219 e. The molecule has 2 heterocycles. The van der Waals surface area contributed by atoms with Gasteiger partial charge in [0.1, 0.15) is 5.69 Å². The zero-order chi connectivity index (χ0) is 20.4. The molecule has 2 aromatic rings. The van der Waals surface area contributed by atoms with Crippen LogP contribution >= 0.6 is 22.7 Å². The van der Waals surface area contributed by atoms with Gasteiger partial charge in [-0.2, -0.15) is 0 Å². The monoisotopic (exact) mass is 421 g/mol. The highest BCUT2D eigenvalue weighted by Crippen LogP contribution is 2.31. The highest BCUT2D eigenvalue weighted by Gasteiger charge is 2.20. The number of hydrogen-bond acceptors (Lipinski definition) is 6. The zero-order valence-electron chi connectivity index (χ0n) is 17.1. The fraction of sp³-hybridized carbons (Fsp3) is 0.619. The van der Waals surface area contributed by atoms with Crippen molar-refractivity contribution in [1.82, 2.24) is 15.3 Å². The van der Waals surface area contributed by atoms with Gasteiger partial charge in [-0.15, -0.1) is 22.7 Å².